The van der Waals surface area contributed by atoms with Crippen LogP contribution in [0.2, 0.25) is 0 Å². The first-order chi connectivity index (χ1) is 6.65. The van der Waals surface area contributed by atoms with Crippen molar-refractivity contribution in [1.82, 2.24) is 14.5 Å². The van der Waals surface area contributed by atoms with Crippen LogP contribution in [0.4, 0.5) is 0 Å². The molecule has 5 nitrogen and oxygen atoms in total. The molecule has 0 spiro atoms. The lowest BCUT2D eigenvalue weighted by Crippen LogP contribution is -2.23. The molecule has 0 fully saturated rings. The molecule has 5 heteroatoms. The lowest BCUT2D eigenvalue weighted by atomic mass is 10.3. The van der Waals surface area contributed by atoms with Gasteiger partial charge in [-0.2, -0.15) is 0 Å². The topological polar surface area (TPSA) is 58.4 Å². The maximum Gasteiger partial charge on any atom is 0.223 e. The Hall–Kier alpha value is -1.36. The monoisotopic (exact) mass is 197 g/mol. The molecular formula is C9H15N3O2. The third-order valence-electron chi connectivity index (χ3n) is 2.03. The predicted molar refractivity (Wildman–Crippen MR) is 51.5 cm³/mol. The van der Waals surface area contributed by atoms with E-state index in [1.807, 2.05) is 0 Å². The summed E-state index contributed by atoms with van der Waals surface area (Å²) in [5, 5.41) is 8.93. The number of carbonyl (C=O) groups is 1. The van der Waals surface area contributed by atoms with Crippen molar-refractivity contribution in [2.45, 2.75) is 19.6 Å². The highest BCUT2D eigenvalue weighted by Gasteiger charge is 2.05. The highest BCUT2D eigenvalue weighted by molar-refractivity contribution is 5.75. The van der Waals surface area contributed by atoms with Crippen LogP contribution in [0.5, 0.6) is 0 Å². The summed E-state index contributed by atoms with van der Waals surface area (Å²) in [5.74, 6) is 0.0718. The van der Waals surface area contributed by atoms with Gasteiger partial charge in [-0.1, -0.05) is 0 Å². The highest BCUT2D eigenvalue weighted by atomic mass is 16.3. The van der Waals surface area contributed by atoms with Gasteiger partial charge in [-0.15, -0.1) is 0 Å². The zero-order valence-electron chi connectivity index (χ0n) is 8.47. The molecule has 0 aliphatic heterocycles. The van der Waals surface area contributed by atoms with Crippen molar-refractivity contribution in [1.29, 1.82) is 0 Å². The lowest BCUT2D eigenvalue weighted by molar-refractivity contribution is -0.128. The summed E-state index contributed by atoms with van der Waals surface area (Å²) in [5.41, 5.74) is 0.733. The summed E-state index contributed by atoms with van der Waals surface area (Å²) in [6.07, 6.45) is 3.64. The van der Waals surface area contributed by atoms with E-state index in [-0.39, 0.29) is 12.5 Å². The van der Waals surface area contributed by atoms with Crippen LogP contribution in [0.3, 0.4) is 0 Å². The molecule has 1 amide bonds. The molecule has 0 bridgehead atoms. The highest BCUT2D eigenvalue weighted by Crippen LogP contribution is 2.01. The summed E-state index contributed by atoms with van der Waals surface area (Å²) >= 11 is 0. The molecule has 1 N–H and O–H groups in total. The number of nitrogens with zero attached hydrogens (tertiary/aromatic N) is 3. The molecule has 1 aromatic heterocycles. The number of carbonyl (C=O) groups excluding carboxylic acids is 1. The molecular weight excluding hydrogens is 182 g/mol. The molecule has 0 atom stereocenters. The van der Waals surface area contributed by atoms with Crippen LogP contribution in [-0.2, 0) is 17.9 Å². The largest absolute Gasteiger partial charge is 0.390 e. The van der Waals surface area contributed by atoms with Crippen LogP contribution in [0, 0.1) is 0 Å². The molecule has 0 aliphatic carbocycles. The quantitative estimate of drug-likeness (QED) is 0.730. The van der Waals surface area contributed by atoms with Crippen molar-refractivity contribution in [2.24, 2.45) is 0 Å². The lowest BCUT2D eigenvalue weighted by Gasteiger charge is -2.11. The zero-order chi connectivity index (χ0) is 10.6. The number of hydrogen-bond acceptors (Lipinski definition) is 3. The van der Waals surface area contributed by atoms with Crippen molar-refractivity contribution in [3.05, 3.63) is 18.2 Å². The fraction of sp³-hybridized carbons (Fsp3) is 0.556. The van der Waals surface area contributed by atoms with E-state index in [1.54, 1.807) is 36.1 Å². The second kappa shape index (κ2) is 4.76. The second-order valence-electron chi connectivity index (χ2n) is 3.27. The Kier molecular flexibility index (Phi) is 3.64. The van der Waals surface area contributed by atoms with Crippen molar-refractivity contribution in [3.63, 3.8) is 0 Å². The van der Waals surface area contributed by atoms with Crippen LogP contribution in [0.1, 0.15) is 12.1 Å². The van der Waals surface area contributed by atoms with Gasteiger partial charge in [0.1, 0.15) is 0 Å². The number of aliphatic hydroxyl groups excluding tert-OH is 1. The summed E-state index contributed by atoms with van der Waals surface area (Å²) < 4.78 is 1.78. The van der Waals surface area contributed by atoms with Gasteiger partial charge in [-0.25, -0.2) is 4.98 Å². The Morgan fingerprint density at radius 2 is 2.36 bits per heavy atom. The van der Waals surface area contributed by atoms with E-state index in [2.05, 4.69) is 4.98 Å². The van der Waals surface area contributed by atoms with Crippen LogP contribution in [0.15, 0.2) is 12.5 Å². The van der Waals surface area contributed by atoms with Gasteiger partial charge in [-0.05, 0) is 0 Å². The Bertz CT molecular complexity index is 307. The summed E-state index contributed by atoms with van der Waals surface area (Å²) in [4.78, 5) is 16.7. The Labute approximate surface area is 83.0 Å². The van der Waals surface area contributed by atoms with Gasteiger partial charge in [0, 0.05) is 27.1 Å². The second-order valence-corrected chi connectivity index (χ2v) is 3.27. The molecule has 0 saturated carbocycles. The van der Waals surface area contributed by atoms with Gasteiger partial charge >= 0.3 is 0 Å². The van der Waals surface area contributed by atoms with Crippen molar-refractivity contribution in [3.8, 4) is 0 Å². The first kappa shape index (κ1) is 10.7. The fourth-order valence-corrected chi connectivity index (χ4v) is 1.12. The summed E-state index contributed by atoms with van der Waals surface area (Å²) in [7, 11) is 3.45. The molecule has 0 aliphatic rings. The van der Waals surface area contributed by atoms with E-state index in [0.717, 1.165) is 5.69 Å². The van der Waals surface area contributed by atoms with E-state index in [1.165, 1.54) is 0 Å². The van der Waals surface area contributed by atoms with Crippen LogP contribution in [-0.4, -0.2) is 39.6 Å². The standard InChI is InChI=1S/C9H15N3O2/c1-11(2)9(14)3-4-12-7-10-5-8(12)6-13/h5,7,13H,3-4,6H2,1-2H3. The van der Waals surface area contributed by atoms with Gasteiger partial charge in [0.25, 0.3) is 0 Å². The third kappa shape index (κ3) is 2.56. The van der Waals surface area contributed by atoms with Crippen LogP contribution in [0.25, 0.3) is 0 Å². The van der Waals surface area contributed by atoms with Gasteiger partial charge in [0.05, 0.1) is 24.8 Å². The van der Waals surface area contributed by atoms with E-state index in [9.17, 15) is 4.79 Å². The van der Waals surface area contributed by atoms with Crippen LogP contribution < -0.4 is 0 Å². The molecule has 14 heavy (non-hydrogen) atoms. The third-order valence-corrected chi connectivity index (χ3v) is 2.03. The van der Waals surface area contributed by atoms with Crippen molar-refractivity contribution < 1.29 is 9.90 Å². The Morgan fingerprint density at radius 3 is 2.93 bits per heavy atom. The minimum absolute atomic E-state index is 0.0455. The summed E-state index contributed by atoms with van der Waals surface area (Å²) in [6, 6.07) is 0. The minimum Gasteiger partial charge on any atom is -0.390 e. The number of aryl methyl sites for hydroxylation is 1. The van der Waals surface area contributed by atoms with Gasteiger partial charge in [0.2, 0.25) is 5.91 Å². The van der Waals surface area contributed by atoms with E-state index >= 15 is 0 Å². The minimum atomic E-state index is -0.0455. The average molecular weight is 197 g/mol. The smallest absolute Gasteiger partial charge is 0.223 e. The number of rotatable bonds is 4. The first-order valence-electron chi connectivity index (χ1n) is 4.45. The SMILES string of the molecule is CN(C)C(=O)CCn1cncc1CO. The molecule has 0 unspecified atom stereocenters. The van der Waals surface area contributed by atoms with Gasteiger partial charge in [0.15, 0.2) is 0 Å². The van der Waals surface area contributed by atoms with Gasteiger partial charge in [-0.3, -0.25) is 4.79 Å². The van der Waals surface area contributed by atoms with Crippen molar-refractivity contribution >= 4 is 5.91 Å². The van der Waals surface area contributed by atoms with Crippen LogP contribution >= 0.6 is 0 Å². The van der Waals surface area contributed by atoms with E-state index < -0.39 is 0 Å². The maximum absolute atomic E-state index is 11.3. The molecule has 0 aromatic carbocycles. The number of aliphatic hydroxyl groups is 1. The molecule has 1 aromatic rings. The normalized spacial score (nSPS) is 10.2. The Morgan fingerprint density at radius 1 is 1.64 bits per heavy atom. The Balaban J connectivity index is 2.49. The maximum atomic E-state index is 11.3. The number of imidazole rings is 1. The van der Waals surface area contributed by atoms with E-state index in [0.29, 0.717) is 13.0 Å². The molecule has 1 rings (SSSR count). The fourth-order valence-electron chi connectivity index (χ4n) is 1.12. The summed E-state index contributed by atoms with van der Waals surface area (Å²) in [6.45, 7) is 0.517. The van der Waals surface area contributed by atoms with E-state index in [4.69, 9.17) is 5.11 Å². The predicted octanol–water partition coefficient (Wildman–Crippen LogP) is -0.146. The molecule has 1 heterocycles. The van der Waals surface area contributed by atoms with Crippen molar-refractivity contribution in [2.75, 3.05) is 14.1 Å². The number of amides is 1. The molecule has 0 radical (unpaired) electrons. The first-order valence-corrected chi connectivity index (χ1v) is 4.45. The number of aromatic nitrogens is 2. The number of hydrogen-bond donors (Lipinski definition) is 1. The zero-order valence-corrected chi connectivity index (χ0v) is 8.47. The average Bonchev–Trinajstić information content (AvgIpc) is 2.60. The molecule has 78 valence electrons. The van der Waals surface area contributed by atoms with Gasteiger partial charge < -0.3 is 14.6 Å². The molecule has 0 saturated heterocycles.